The largest absolute Gasteiger partial charge is 0.358 e. The fourth-order valence-electron chi connectivity index (χ4n) is 1.73. The van der Waals surface area contributed by atoms with Gasteiger partial charge in [-0.05, 0) is 48.8 Å². The van der Waals surface area contributed by atoms with Crippen LogP contribution in [0.15, 0.2) is 64.9 Å². The van der Waals surface area contributed by atoms with Crippen LogP contribution < -0.4 is 0 Å². The minimum absolute atomic E-state index is 0.0539. The Labute approximate surface area is 123 Å². The Morgan fingerprint density at radius 1 is 1.10 bits per heavy atom. The highest BCUT2D eigenvalue weighted by Gasteiger charge is 2.13. The van der Waals surface area contributed by atoms with Crippen molar-refractivity contribution in [1.29, 1.82) is 0 Å². The smallest absolute Gasteiger partial charge is 0.313 e. The third-order valence-corrected chi connectivity index (χ3v) is 2.94. The molecule has 21 heavy (non-hydrogen) atoms. The van der Waals surface area contributed by atoms with Gasteiger partial charge >= 0.3 is 5.97 Å². The number of oxime groups is 1. The molecule has 1 aromatic rings. The summed E-state index contributed by atoms with van der Waals surface area (Å²) in [6.45, 7) is 3.44. The first-order valence-electron chi connectivity index (χ1n) is 6.49. The van der Waals surface area contributed by atoms with Gasteiger partial charge in [-0.15, -0.1) is 0 Å². The number of allylic oxidation sites excluding steroid dienone is 4. The number of hydrogen-bond donors (Lipinski definition) is 0. The molecule has 0 atom stereocenters. The first kappa shape index (κ1) is 14.7. The van der Waals surface area contributed by atoms with Gasteiger partial charge in [0.15, 0.2) is 5.78 Å². The van der Waals surface area contributed by atoms with Crippen molar-refractivity contribution in [3.05, 3.63) is 65.3 Å². The molecule has 0 aliphatic heterocycles. The van der Waals surface area contributed by atoms with Gasteiger partial charge in [-0.2, -0.15) is 0 Å². The van der Waals surface area contributed by atoms with E-state index in [1.807, 2.05) is 30.3 Å². The van der Waals surface area contributed by atoms with Crippen LogP contribution in [-0.2, 0) is 14.4 Å². The normalized spacial score (nSPS) is 16.9. The molecule has 0 N–H and O–H groups in total. The maximum atomic E-state index is 11.6. The molecule has 2 rings (SSSR count). The van der Waals surface area contributed by atoms with Gasteiger partial charge in [-0.25, -0.2) is 4.79 Å². The van der Waals surface area contributed by atoms with Crippen LogP contribution in [0.2, 0.25) is 0 Å². The summed E-state index contributed by atoms with van der Waals surface area (Å²) in [6.07, 6.45) is 6.04. The molecule has 0 fully saturated rings. The minimum atomic E-state index is -0.567. The molecule has 4 nitrogen and oxygen atoms in total. The molecule has 0 saturated heterocycles. The molecule has 0 bridgehead atoms. The molecule has 4 heteroatoms. The lowest BCUT2D eigenvalue weighted by molar-refractivity contribution is -0.137. The zero-order valence-corrected chi connectivity index (χ0v) is 11.9. The highest BCUT2D eigenvalue weighted by atomic mass is 16.7. The highest BCUT2D eigenvalue weighted by Crippen LogP contribution is 2.12. The standard InChI is InChI=1S/C17H15NO3/c1-12-11-16(19)13(2)10-15(12)18-21-17(20)9-8-14-6-4-3-5-7-14/h3-11H,1-2H3/b9-8+,18-15?. The fourth-order valence-corrected chi connectivity index (χ4v) is 1.73. The molecule has 0 radical (unpaired) electrons. The van der Waals surface area contributed by atoms with Gasteiger partial charge in [0.05, 0.1) is 0 Å². The maximum absolute atomic E-state index is 11.6. The first-order chi connectivity index (χ1) is 10.1. The van der Waals surface area contributed by atoms with Gasteiger partial charge in [0.1, 0.15) is 5.71 Å². The summed E-state index contributed by atoms with van der Waals surface area (Å²) in [5.74, 6) is -0.621. The zero-order chi connectivity index (χ0) is 15.2. The topological polar surface area (TPSA) is 55.7 Å². The Morgan fingerprint density at radius 2 is 1.81 bits per heavy atom. The molecular weight excluding hydrogens is 266 g/mol. The van der Waals surface area contributed by atoms with E-state index in [4.69, 9.17) is 4.84 Å². The van der Waals surface area contributed by atoms with E-state index in [0.29, 0.717) is 16.9 Å². The number of ketones is 1. The lowest BCUT2D eigenvalue weighted by Gasteiger charge is -2.07. The number of carbonyl (C=O) groups is 2. The molecular formula is C17H15NO3. The number of carbonyl (C=O) groups excluding carboxylic acids is 2. The average Bonchev–Trinajstić information content (AvgIpc) is 2.48. The van der Waals surface area contributed by atoms with Crippen LogP contribution in [0.3, 0.4) is 0 Å². The lowest BCUT2D eigenvalue weighted by atomic mass is 9.99. The first-order valence-corrected chi connectivity index (χ1v) is 6.49. The molecule has 1 aliphatic rings. The van der Waals surface area contributed by atoms with Crippen molar-refractivity contribution in [3.8, 4) is 0 Å². The summed E-state index contributed by atoms with van der Waals surface area (Å²) in [5.41, 5.74) is 2.62. The van der Waals surface area contributed by atoms with Crippen LogP contribution in [0, 0.1) is 0 Å². The summed E-state index contributed by atoms with van der Waals surface area (Å²) < 4.78 is 0. The lowest BCUT2D eigenvalue weighted by Crippen LogP contribution is -2.11. The quantitative estimate of drug-likeness (QED) is 0.370. The molecule has 0 saturated carbocycles. The van der Waals surface area contributed by atoms with E-state index in [9.17, 15) is 9.59 Å². The second kappa shape index (κ2) is 6.61. The molecule has 0 aromatic heterocycles. The molecule has 106 valence electrons. The van der Waals surface area contributed by atoms with E-state index in [2.05, 4.69) is 5.16 Å². The zero-order valence-electron chi connectivity index (χ0n) is 11.9. The Balaban J connectivity index is 2.01. The molecule has 0 amide bonds. The van der Waals surface area contributed by atoms with E-state index in [1.54, 1.807) is 26.0 Å². The highest BCUT2D eigenvalue weighted by molar-refractivity contribution is 6.21. The van der Waals surface area contributed by atoms with Crippen molar-refractivity contribution in [1.82, 2.24) is 0 Å². The van der Waals surface area contributed by atoms with Gasteiger partial charge < -0.3 is 4.84 Å². The van der Waals surface area contributed by atoms with Crippen molar-refractivity contribution >= 4 is 23.5 Å². The number of hydrogen-bond acceptors (Lipinski definition) is 4. The van der Waals surface area contributed by atoms with Gasteiger partial charge in [-0.1, -0.05) is 35.5 Å². The third-order valence-electron chi connectivity index (χ3n) is 2.94. The van der Waals surface area contributed by atoms with E-state index >= 15 is 0 Å². The van der Waals surface area contributed by atoms with Crippen molar-refractivity contribution in [2.45, 2.75) is 13.8 Å². The molecule has 1 aliphatic carbocycles. The van der Waals surface area contributed by atoms with Gasteiger partial charge in [0, 0.05) is 6.08 Å². The molecule has 0 unspecified atom stereocenters. The fraction of sp³-hybridized carbons (Fsp3) is 0.118. The van der Waals surface area contributed by atoms with E-state index in [1.165, 1.54) is 12.2 Å². The van der Waals surface area contributed by atoms with Crippen LogP contribution >= 0.6 is 0 Å². The molecule has 0 heterocycles. The average molecular weight is 281 g/mol. The molecule has 1 aromatic carbocycles. The summed E-state index contributed by atoms with van der Waals surface area (Å²) in [4.78, 5) is 27.8. The Bertz CT molecular complexity index is 679. The van der Waals surface area contributed by atoms with Crippen LogP contribution in [0.1, 0.15) is 19.4 Å². The van der Waals surface area contributed by atoms with Crippen molar-refractivity contribution in [2.24, 2.45) is 5.16 Å². The maximum Gasteiger partial charge on any atom is 0.358 e. The van der Waals surface area contributed by atoms with E-state index < -0.39 is 5.97 Å². The van der Waals surface area contributed by atoms with Crippen molar-refractivity contribution in [3.63, 3.8) is 0 Å². The minimum Gasteiger partial charge on any atom is -0.313 e. The number of benzene rings is 1. The Kier molecular flexibility index (Phi) is 4.61. The van der Waals surface area contributed by atoms with Crippen LogP contribution in [0.4, 0.5) is 0 Å². The van der Waals surface area contributed by atoms with Gasteiger partial charge in [0.25, 0.3) is 0 Å². The third kappa shape index (κ3) is 4.11. The summed E-state index contributed by atoms with van der Waals surface area (Å²) in [5, 5.41) is 3.78. The van der Waals surface area contributed by atoms with Crippen molar-refractivity contribution in [2.75, 3.05) is 0 Å². The van der Waals surface area contributed by atoms with Crippen LogP contribution in [-0.4, -0.2) is 17.5 Å². The number of rotatable bonds is 3. The van der Waals surface area contributed by atoms with Gasteiger partial charge in [-0.3, -0.25) is 4.79 Å². The number of nitrogens with zero attached hydrogens (tertiary/aromatic N) is 1. The summed E-state index contributed by atoms with van der Waals surface area (Å²) in [7, 11) is 0. The monoisotopic (exact) mass is 281 g/mol. The predicted octanol–water partition coefficient (Wildman–Crippen LogP) is 3.07. The summed E-state index contributed by atoms with van der Waals surface area (Å²) >= 11 is 0. The van der Waals surface area contributed by atoms with Gasteiger partial charge in [0.2, 0.25) is 0 Å². The SMILES string of the molecule is CC1=CC(=NOC(=O)/C=C/c2ccccc2)C(C)=CC1=O. The second-order valence-corrected chi connectivity index (χ2v) is 4.65. The summed E-state index contributed by atoms with van der Waals surface area (Å²) in [6, 6.07) is 9.41. The second-order valence-electron chi connectivity index (χ2n) is 4.65. The van der Waals surface area contributed by atoms with E-state index in [-0.39, 0.29) is 5.78 Å². The molecule has 0 spiro atoms. The van der Waals surface area contributed by atoms with Crippen molar-refractivity contribution < 1.29 is 14.4 Å². The Hall–Kier alpha value is -2.75. The van der Waals surface area contributed by atoms with Crippen LogP contribution in [0.25, 0.3) is 6.08 Å². The Morgan fingerprint density at radius 3 is 2.52 bits per heavy atom. The van der Waals surface area contributed by atoms with Crippen LogP contribution in [0.5, 0.6) is 0 Å². The van der Waals surface area contributed by atoms with E-state index in [0.717, 1.165) is 5.56 Å². The predicted molar refractivity (Wildman–Crippen MR) is 81.5 cm³/mol.